The van der Waals surface area contributed by atoms with Crippen LogP contribution in [-0.2, 0) is 14.8 Å². The molecule has 0 heterocycles. The SMILES string of the molecule is COc1ccc(OC)c(/C=N\NC(=O)CN(c2cc(Cl)ccc2Cl)S(C)(=O)=O)c1. The van der Waals surface area contributed by atoms with Gasteiger partial charge in [0, 0.05) is 10.6 Å². The number of hydrogen-bond acceptors (Lipinski definition) is 6. The van der Waals surface area contributed by atoms with E-state index in [-0.39, 0.29) is 15.7 Å². The van der Waals surface area contributed by atoms with Gasteiger partial charge < -0.3 is 9.47 Å². The molecule has 156 valence electrons. The fourth-order valence-corrected chi connectivity index (χ4v) is 3.63. The van der Waals surface area contributed by atoms with E-state index in [0.717, 1.165) is 10.6 Å². The average Bonchev–Trinajstić information content (AvgIpc) is 2.67. The van der Waals surface area contributed by atoms with Crippen molar-refractivity contribution in [1.82, 2.24) is 5.43 Å². The van der Waals surface area contributed by atoms with Gasteiger partial charge in [-0.05, 0) is 36.4 Å². The Morgan fingerprint density at radius 3 is 2.52 bits per heavy atom. The molecule has 0 spiro atoms. The van der Waals surface area contributed by atoms with Crippen molar-refractivity contribution in [1.29, 1.82) is 0 Å². The highest BCUT2D eigenvalue weighted by Crippen LogP contribution is 2.30. The van der Waals surface area contributed by atoms with Gasteiger partial charge in [0.2, 0.25) is 10.0 Å². The number of rotatable bonds is 8. The Balaban J connectivity index is 2.18. The number of carbonyl (C=O) groups excluding carboxylic acids is 1. The van der Waals surface area contributed by atoms with E-state index in [9.17, 15) is 13.2 Å². The summed E-state index contributed by atoms with van der Waals surface area (Å²) in [7, 11) is -0.793. The maximum Gasteiger partial charge on any atom is 0.260 e. The van der Waals surface area contributed by atoms with E-state index in [1.54, 1.807) is 18.2 Å². The molecule has 8 nitrogen and oxygen atoms in total. The van der Waals surface area contributed by atoms with Crippen LogP contribution in [0.25, 0.3) is 0 Å². The summed E-state index contributed by atoms with van der Waals surface area (Å²) in [6.07, 6.45) is 2.32. The molecule has 2 aromatic carbocycles. The highest BCUT2D eigenvalue weighted by Gasteiger charge is 2.23. The molecular formula is C18H19Cl2N3O5S. The minimum absolute atomic E-state index is 0.0928. The first-order valence-electron chi connectivity index (χ1n) is 8.12. The van der Waals surface area contributed by atoms with Crippen LogP contribution < -0.4 is 19.2 Å². The first kappa shape index (κ1) is 22.8. The normalized spacial score (nSPS) is 11.3. The van der Waals surface area contributed by atoms with Crippen LogP contribution in [0.3, 0.4) is 0 Å². The lowest BCUT2D eigenvalue weighted by Gasteiger charge is -2.22. The zero-order valence-corrected chi connectivity index (χ0v) is 18.2. The van der Waals surface area contributed by atoms with Gasteiger partial charge in [0.25, 0.3) is 5.91 Å². The van der Waals surface area contributed by atoms with Crippen molar-refractivity contribution in [2.24, 2.45) is 5.10 Å². The standard InChI is InChI=1S/C18H19Cl2N3O5S/c1-27-14-5-7-17(28-2)12(8-14)10-21-22-18(24)11-23(29(3,25)26)16-9-13(19)4-6-15(16)20/h4-10H,11H2,1-3H3,(H,22,24)/b21-10-. The maximum absolute atomic E-state index is 12.3. The van der Waals surface area contributed by atoms with Crippen LogP contribution in [0.15, 0.2) is 41.5 Å². The van der Waals surface area contributed by atoms with Gasteiger partial charge in [0.05, 0.1) is 37.4 Å². The Morgan fingerprint density at radius 2 is 1.90 bits per heavy atom. The monoisotopic (exact) mass is 459 g/mol. The minimum Gasteiger partial charge on any atom is -0.497 e. The van der Waals surface area contributed by atoms with E-state index in [0.29, 0.717) is 17.1 Å². The summed E-state index contributed by atoms with van der Waals surface area (Å²) < 4.78 is 35.5. The summed E-state index contributed by atoms with van der Waals surface area (Å²) in [5.74, 6) is 0.425. The van der Waals surface area contributed by atoms with E-state index in [4.69, 9.17) is 32.7 Å². The Labute approximate surface area is 179 Å². The van der Waals surface area contributed by atoms with Crippen molar-refractivity contribution in [2.75, 3.05) is 31.3 Å². The van der Waals surface area contributed by atoms with Crippen LogP contribution in [0.1, 0.15) is 5.56 Å². The molecule has 0 bridgehead atoms. The zero-order valence-electron chi connectivity index (χ0n) is 15.8. The van der Waals surface area contributed by atoms with E-state index in [2.05, 4.69) is 10.5 Å². The largest absolute Gasteiger partial charge is 0.497 e. The first-order valence-corrected chi connectivity index (χ1v) is 10.7. The topological polar surface area (TPSA) is 97.3 Å². The summed E-state index contributed by atoms with van der Waals surface area (Å²) in [6, 6.07) is 9.40. The summed E-state index contributed by atoms with van der Waals surface area (Å²) in [5, 5.41) is 4.27. The van der Waals surface area contributed by atoms with Crippen LogP contribution in [0.2, 0.25) is 10.0 Å². The molecule has 1 amide bonds. The number of amides is 1. The molecule has 2 rings (SSSR count). The second kappa shape index (κ2) is 9.82. The molecule has 0 saturated carbocycles. The van der Waals surface area contributed by atoms with Gasteiger partial charge in [-0.15, -0.1) is 0 Å². The van der Waals surface area contributed by atoms with Gasteiger partial charge >= 0.3 is 0 Å². The number of nitrogens with zero attached hydrogens (tertiary/aromatic N) is 2. The van der Waals surface area contributed by atoms with Gasteiger partial charge in [-0.2, -0.15) is 5.10 Å². The lowest BCUT2D eigenvalue weighted by molar-refractivity contribution is -0.119. The van der Waals surface area contributed by atoms with Crippen molar-refractivity contribution in [3.8, 4) is 11.5 Å². The third-order valence-electron chi connectivity index (χ3n) is 3.69. The highest BCUT2D eigenvalue weighted by molar-refractivity contribution is 7.92. The fourth-order valence-electron chi connectivity index (χ4n) is 2.34. The molecule has 1 N–H and O–H groups in total. The lowest BCUT2D eigenvalue weighted by atomic mass is 10.2. The quantitative estimate of drug-likeness (QED) is 0.483. The van der Waals surface area contributed by atoms with Crippen molar-refractivity contribution < 1.29 is 22.7 Å². The Morgan fingerprint density at radius 1 is 1.17 bits per heavy atom. The molecule has 29 heavy (non-hydrogen) atoms. The number of ether oxygens (including phenoxy) is 2. The number of sulfonamides is 1. The van der Waals surface area contributed by atoms with Crippen LogP contribution in [0, 0.1) is 0 Å². The summed E-state index contributed by atoms with van der Waals surface area (Å²) >= 11 is 12.0. The molecular weight excluding hydrogens is 441 g/mol. The molecule has 0 saturated heterocycles. The van der Waals surface area contributed by atoms with Gasteiger partial charge in [-0.3, -0.25) is 9.10 Å². The smallest absolute Gasteiger partial charge is 0.260 e. The Hall–Kier alpha value is -2.49. The van der Waals surface area contributed by atoms with Crippen LogP contribution in [-0.4, -0.2) is 47.6 Å². The third kappa shape index (κ3) is 6.25. The third-order valence-corrected chi connectivity index (χ3v) is 5.38. The number of carbonyl (C=O) groups is 1. The van der Waals surface area contributed by atoms with Crippen molar-refractivity contribution >= 4 is 51.0 Å². The summed E-state index contributed by atoms with van der Waals surface area (Å²) in [5.41, 5.74) is 2.93. The number of hydrogen-bond donors (Lipinski definition) is 1. The molecule has 0 radical (unpaired) electrons. The van der Waals surface area contributed by atoms with E-state index in [1.165, 1.54) is 38.6 Å². The summed E-state index contributed by atoms with van der Waals surface area (Å²) in [6.45, 7) is -0.536. The highest BCUT2D eigenvalue weighted by atomic mass is 35.5. The molecule has 0 atom stereocenters. The second-order valence-corrected chi connectivity index (χ2v) is 8.52. The first-order chi connectivity index (χ1) is 13.7. The van der Waals surface area contributed by atoms with Crippen LogP contribution in [0.5, 0.6) is 11.5 Å². The number of nitrogens with one attached hydrogen (secondary N) is 1. The van der Waals surface area contributed by atoms with Crippen molar-refractivity contribution in [2.45, 2.75) is 0 Å². The Kier molecular flexibility index (Phi) is 7.72. The lowest BCUT2D eigenvalue weighted by Crippen LogP contribution is -2.39. The molecule has 2 aromatic rings. The number of benzene rings is 2. The number of halogens is 2. The molecule has 11 heteroatoms. The fraction of sp³-hybridized carbons (Fsp3) is 0.222. The number of anilines is 1. The molecule has 0 aromatic heterocycles. The zero-order chi connectivity index (χ0) is 21.6. The van der Waals surface area contributed by atoms with E-state index in [1.807, 2.05) is 0 Å². The van der Waals surface area contributed by atoms with Gasteiger partial charge in [0.1, 0.15) is 18.0 Å². The minimum atomic E-state index is -3.81. The van der Waals surface area contributed by atoms with Crippen LogP contribution in [0.4, 0.5) is 5.69 Å². The molecule has 0 fully saturated rings. The van der Waals surface area contributed by atoms with Gasteiger partial charge in [-0.1, -0.05) is 23.2 Å². The predicted molar refractivity (Wildman–Crippen MR) is 114 cm³/mol. The number of hydrazone groups is 1. The van der Waals surface area contributed by atoms with E-state index < -0.39 is 22.5 Å². The van der Waals surface area contributed by atoms with Crippen molar-refractivity contribution in [3.63, 3.8) is 0 Å². The number of methoxy groups -OCH3 is 2. The average molecular weight is 460 g/mol. The maximum atomic E-state index is 12.3. The molecule has 0 aliphatic carbocycles. The summed E-state index contributed by atoms with van der Waals surface area (Å²) in [4.78, 5) is 12.3. The van der Waals surface area contributed by atoms with E-state index >= 15 is 0 Å². The Bertz CT molecular complexity index is 1030. The second-order valence-electron chi connectivity index (χ2n) is 5.77. The molecule has 0 aliphatic heterocycles. The predicted octanol–water partition coefficient (Wildman–Crippen LogP) is 2.93. The molecule has 0 unspecified atom stereocenters. The van der Waals surface area contributed by atoms with Gasteiger partial charge in [-0.25, -0.2) is 13.8 Å². The molecule has 0 aliphatic rings. The van der Waals surface area contributed by atoms with Gasteiger partial charge in [0.15, 0.2) is 0 Å². The van der Waals surface area contributed by atoms with Crippen molar-refractivity contribution in [3.05, 3.63) is 52.0 Å². The van der Waals surface area contributed by atoms with Crippen LogP contribution >= 0.6 is 23.2 Å².